The van der Waals surface area contributed by atoms with E-state index in [1.165, 1.54) is 11.3 Å². The predicted molar refractivity (Wildman–Crippen MR) is 126 cm³/mol. The lowest BCUT2D eigenvalue weighted by Gasteiger charge is -2.16. The van der Waals surface area contributed by atoms with Gasteiger partial charge in [-0.05, 0) is 35.4 Å². The number of hydrogen-bond donors (Lipinski definition) is 4. The molecule has 0 saturated carbocycles. The summed E-state index contributed by atoms with van der Waals surface area (Å²) >= 11 is 1.47. The van der Waals surface area contributed by atoms with Gasteiger partial charge in [-0.2, -0.15) is 0 Å². The summed E-state index contributed by atoms with van der Waals surface area (Å²) in [4.78, 5) is 32.6. The first-order valence-corrected chi connectivity index (χ1v) is 11.0. The van der Waals surface area contributed by atoms with Gasteiger partial charge in [-0.1, -0.05) is 65.9 Å². The summed E-state index contributed by atoms with van der Waals surface area (Å²) in [7, 11) is 0. The Morgan fingerprint density at radius 2 is 1.69 bits per heavy atom. The minimum atomic E-state index is -0.700. The largest absolute Gasteiger partial charge is 0.358 e. The van der Waals surface area contributed by atoms with E-state index in [1.807, 2.05) is 78.9 Å². The van der Waals surface area contributed by atoms with Gasteiger partial charge in [0.2, 0.25) is 0 Å². The monoisotopic (exact) mass is 442 g/mol. The number of guanidine groups is 1. The average Bonchev–Trinajstić information content (AvgIpc) is 3.22. The first kappa shape index (κ1) is 19.9. The highest BCUT2D eigenvalue weighted by Crippen LogP contribution is 2.25. The lowest BCUT2D eigenvalue weighted by atomic mass is 10.1. The van der Waals surface area contributed by atoms with Crippen LogP contribution in [0.4, 0.5) is 10.8 Å². The smallest absolute Gasteiger partial charge is 0.323 e. The molecular formula is C24H20N5O2S+. The summed E-state index contributed by atoms with van der Waals surface area (Å²) in [5.41, 5.74) is 3.71. The molecule has 3 aromatic carbocycles. The van der Waals surface area contributed by atoms with Crippen LogP contribution in [0.5, 0.6) is 0 Å². The molecule has 2 amide bonds. The Bertz CT molecular complexity index is 1280. The molecule has 32 heavy (non-hydrogen) atoms. The number of carbonyl (C=O) groups is 2. The van der Waals surface area contributed by atoms with E-state index in [-0.39, 0.29) is 18.2 Å². The van der Waals surface area contributed by atoms with Crippen LogP contribution in [0, 0.1) is 0 Å². The highest BCUT2D eigenvalue weighted by Gasteiger charge is 2.31. The first-order valence-electron chi connectivity index (χ1n) is 10.2. The number of hydrogen-bond acceptors (Lipinski definition) is 5. The Hall–Kier alpha value is -4.04. The average molecular weight is 443 g/mol. The lowest BCUT2D eigenvalue weighted by Crippen LogP contribution is -2.89. The van der Waals surface area contributed by atoms with Crippen molar-refractivity contribution in [2.24, 2.45) is 0 Å². The number of thiazole rings is 1. The summed E-state index contributed by atoms with van der Waals surface area (Å²) < 4.78 is 1.03. The zero-order valence-electron chi connectivity index (χ0n) is 17.0. The summed E-state index contributed by atoms with van der Waals surface area (Å²) in [6.07, 6.45) is 0.0406. The number of benzene rings is 3. The third-order valence-corrected chi connectivity index (χ3v) is 6.03. The van der Waals surface area contributed by atoms with Crippen LogP contribution < -0.4 is 20.9 Å². The van der Waals surface area contributed by atoms with Crippen LogP contribution in [-0.2, 0) is 9.59 Å². The van der Waals surface area contributed by atoms with Gasteiger partial charge in [-0.3, -0.25) is 14.6 Å². The molecule has 0 radical (unpaired) electrons. The Morgan fingerprint density at radius 1 is 0.969 bits per heavy atom. The molecule has 2 heterocycles. The van der Waals surface area contributed by atoms with Crippen molar-refractivity contribution in [2.45, 2.75) is 12.5 Å². The normalized spacial score (nSPS) is 15.7. The summed E-state index contributed by atoms with van der Waals surface area (Å²) in [6.45, 7) is 0. The second-order valence-corrected chi connectivity index (χ2v) is 8.40. The topological polar surface area (TPSA) is 97.1 Å². The minimum absolute atomic E-state index is 0.0406. The fourth-order valence-corrected chi connectivity index (χ4v) is 4.37. The predicted octanol–water partition coefficient (Wildman–Crippen LogP) is 2.34. The van der Waals surface area contributed by atoms with E-state index in [2.05, 4.69) is 25.9 Å². The van der Waals surface area contributed by atoms with Crippen molar-refractivity contribution in [3.8, 4) is 11.1 Å². The molecule has 0 aliphatic carbocycles. The van der Waals surface area contributed by atoms with Crippen LogP contribution in [-0.4, -0.2) is 28.8 Å². The zero-order valence-corrected chi connectivity index (χ0v) is 17.8. The van der Waals surface area contributed by atoms with Crippen LogP contribution in [0.3, 0.4) is 0 Å². The first-order chi connectivity index (χ1) is 15.6. The fraction of sp³-hybridized carbons (Fsp3) is 0.0833. The summed E-state index contributed by atoms with van der Waals surface area (Å²) in [6, 6.07) is 24.7. The Balaban J connectivity index is 1.28. The Labute approximate surface area is 188 Å². The number of aromatic nitrogens is 1. The van der Waals surface area contributed by atoms with Crippen molar-refractivity contribution in [3.63, 3.8) is 0 Å². The Kier molecular flexibility index (Phi) is 5.35. The third kappa shape index (κ3) is 4.35. The van der Waals surface area contributed by atoms with E-state index >= 15 is 0 Å². The van der Waals surface area contributed by atoms with E-state index in [4.69, 9.17) is 0 Å². The molecule has 1 aliphatic heterocycles. The number of anilines is 2. The molecule has 1 atom stereocenters. The number of fused-ring (bicyclic) bond motifs is 1. The summed E-state index contributed by atoms with van der Waals surface area (Å²) in [5, 5.41) is 9.31. The molecule has 7 nitrogen and oxygen atoms in total. The van der Waals surface area contributed by atoms with Gasteiger partial charge in [0.15, 0.2) is 6.04 Å². The second kappa shape index (κ2) is 8.60. The van der Waals surface area contributed by atoms with Gasteiger partial charge in [-0.25, -0.2) is 15.6 Å². The van der Waals surface area contributed by atoms with Crippen molar-refractivity contribution < 1.29 is 14.6 Å². The van der Waals surface area contributed by atoms with Gasteiger partial charge < -0.3 is 5.32 Å². The lowest BCUT2D eigenvalue weighted by molar-refractivity contribution is -0.490. The molecule has 158 valence electrons. The SMILES string of the molecule is O=C1C[C@H](C(=O)Nc2ccc(-c3ccccc3)cc2)[NH+]=C(Nc2nc3ccccc3s2)N1. The molecule has 0 spiro atoms. The van der Waals surface area contributed by atoms with Gasteiger partial charge >= 0.3 is 5.96 Å². The van der Waals surface area contributed by atoms with Gasteiger partial charge in [0.1, 0.15) is 0 Å². The standard InChI is InChI=1S/C24H19N5O2S/c30-21-14-19(26-23(28-21)29-24-27-18-8-4-5-9-20(18)32-24)22(31)25-17-12-10-16(11-13-17)15-6-2-1-3-7-15/h1-13,19H,14H2,(H,25,31)(H2,26,27,28,29,30)/p+1/t19-/m1/s1. The van der Waals surface area contributed by atoms with Gasteiger partial charge in [0.25, 0.3) is 16.9 Å². The van der Waals surface area contributed by atoms with Crippen LogP contribution in [0.1, 0.15) is 6.42 Å². The van der Waals surface area contributed by atoms with Crippen LogP contribution >= 0.6 is 11.3 Å². The van der Waals surface area contributed by atoms with Crippen molar-refractivity contribution in [1.82, 2.24) is 10.3 Å². The summed E-state index contributed by atoms with van der Waals surface area (Å²) in [5.74, 6) is -0.178. The number of nitrogens with one attached hydrogen (secondary N) is 4. The highest BCUT2D eigenvalue weighted by molar-refractivity contribution is 7.22. The molecule has 0 fully saturated rings. The molecule has 1 aliphatic rings. The molecule has 0 unspecified atom stereocenters. The zero-order chi connectivity index (χ0) is 21.9. The number of nitrogens with zero attached hydrogens (tertiary/aromatic N) is 1. The number of para-hydroxylation sites is 1. The van der Waals surface area contributed by atoms with Gasteiger partial charge in [0.05, 0.1) is 16.6 Å². The molecular weight excluding hydrogens is 422 g/mol. The van der Waals surface area contributed by atoms with Crippen molar-refractivity contribution >= 4 is 50.1 Å². The molecule has 0 bridgehead atoms. The van der Waals surface area contributed by atoms with E-state index < -0.39 is 6.04 Å². The number of amides is 2. The molecule has 5 rings (SSSR count). The quantitative estimate of drug-likeness (QED) is 0.390. The van der Waals surface area contributed by atoms with E-state index in [0.29, 0.717) is 16.8 Å². The van der Waals surface area contributed by atoms with Crippen LogP contribution in [0.25, 0.3) is 21.3 Å². The third-order valence-electron chi connectivity index (χ3n) is 5.07. The van der Waals surface area contributed by atoms with Crippen LogP contribution in [0.15, 0.2) is 78.9 Å². The number of rotatable bonds is 4. The minimum Gasteiger partial charge on any atom is -0.323 e. The molecule has 8 heteroatoms. The van der Waals surface area contributed by atoms with E-state index in [1.54, 1.807) is 0 Å². The van der Waals surface area contributed by atoms with E-state index in [9.17, 15) is 9.59 Å². The molecule has 1 aromatic heterocycles. The van der Waals surface area contributed by atoms with Crippen LogP contribution in [0.2, 0.25) is 0 Å². The molecule has 0 saturated heterocycles. The van der Waals surface area contributed by atoms with Crippen molar-refractivity contribution in [1.29, 1.82) is 0 Å². The Morgan fingerprint density at radius 3 is 2.47 bits per heavy atom. The maximum Gasteiger partial charge on any atom is 0.358 e. The second-order valence-electron chi connectivity index (χ2n) is 7.37. The maximum absolute atomic E-state index is 12.8. The fourth-order valence-electron chi connectivity index (χ4n) is 3.50. The van der Waals surface area contributed by atoms with E-state index in [0.717, 1.165) is 21.3 Å². The van der Waals surface area contributed by atoms with Crippen molar-refractivity contribution in [3.05, 3.63) is 78.9 Å². The molecule has 4 aromatic rings. The van der Waals surface area contributed by atoms with Gasteiger partial charge in [-0.15, -0.1) is 0 Å². The number of carbonyl (C=O) groups excluding carboxylic acids is 2. The highest BCUT2D eigenvalue weighted by atomic mass is 32.1. The maximum atomic E-state index is 12.8. The molecule has 4 N–H and O–H groups in total. The van der Waals surface area contributed by atoms with Crippen molar-refractivity contribution in [2.75, 3.05) is 10.6 Å². The van der Waals surface area contributed by atoms with Gasteiger partial charge in [0, 0.05) is 5.69 Å².